The van der Waals surface area contributed by atoms with E-state index in [9.17, 15) is 9.18 Å². The number of likely N-dealkylation sites (tertiary alicyclic amines) is 1. The number of piperidine rings is 1. The number of hydrogen-bond acceptors (Lipinski definition) is 5. The molecule has 1 saturated heterocycles. The van der Waals surface area contributed by atoms with Crippen LogP contribution in [0.25, 0.3) is 11.4 Å². The Hall–Kier alpha value is -3.06. The Kier molecular flexibility index (Phi) is 6.18. The molecule has 1 N–H and O–H groups in total. The molecule has 1 aromatic heterocycles. The van der Waals surface area contributed by atoms with E-state index in [2.05, 4.69) is 27.3 Å². The van der Waals surface area contributed by atoms with Crippen LogP contribution in [0.15, 0.2) is 53.1 Å². The molecule has 0 radical (unpaired) electrons. The molecule has 0 aliphatic carbocycles. The molecular weight excluding hydrogens is 383 g/mol. The number of nitrogens with zero attached hydrogens (tertiary/aromatic N) is 3. The number of hydrogen-bond donors (Lipinski definition) is 1. The van der Waals surface area contributed by atoms with Crippen molar-refractivity contribution in [3.05, 3.63) is 65.8 Å². The van der Waals surface area contributed by atoms with Crippen LogP contribution in [-0.4, -0.2) is 34.0 Å². The van der Waals surface area contributed by atoms with Gasteiger partial charge in [-0.1, -0.05) is 30.3 Å². The quantitative estimate of drug-likeness (QED) is 0.659. The summed E-state index contributed by atoms with van der Waals surface area (Å²) in [6.07, 6.45) is 2.47. The Balaban J connectivity index is 1.29. The van der Waals surface area contributed by atoms with Crippen molar-refractivity contribution < 1.29 is 13.7 Å². The van der Waals surface area contributed by atoms with Gasteiger partial charge in [-0.15, -0.1) is 0 Å². The van der Waals surface area contributed by atoms with Crippen molar-refractivity contribution in [2.24, 2.45) is 5.92 Å². The van der Waals surface area contributed by atoms with Crippen LogP contribution in [0, 0.1) is 11.7 Å². The van der Waals surface area contributed by atoms with Crippen LogP contribution < -0.4 is 5.32 Å². The molecule has 4 rings (SSSR count). The molecule has 2 aromatic carbocycles. The highest BCUT2D eigenvalue weighted by Crippen LogP contribution is 2.23. The van der Waals surface area contributed by atoms with Crippen molar-refractivity contribution in [2.75, 3.05) is 18.4 Å². The summed E-state index contributed by atoms with van der Waals surface area (Å²) in [5, 5.41) is 7.08. The minimum absolute atomic E-state index is 0.00336. The van der Waals surface area contributed by atoms with E-state index in [0.29, 0.717) is 23.8 Å². The molecule has 0 bridgehead atoms. The van der Waals surface area contributed by atoms with E-state index < -0.39 is 0 Å². The van der Waals surface area contributed by atoms with Crippen LogP contribution in [0.5, 0.6) is 0 Å². The molecule has 0 unspecified atom stereocenters. The van der Waals surface area contributed by atoms with Crippen molar-refractivity contribution in [3.8, 4) is 11.4 Å². The highest BCUT2D eigenvalue weighted by atomic mass is 19.1. The normalized spacial score (nSPS) is 15.3. The smallest absolute Gasteiger partial charge is 0.241 e. The Bertz CT molecular complexity index is 994. The summed E-state index contributed by atoms with van der Waals surface area (Å²) >= 11 is 0. The molecule has 1 amide bonds. The number of para-hydroxylation sites is 1. The van der Waals surface area contributed by atoms with E-state index in [1.807, 2.05) is 24.3 Å². The van der Waals surface area contributed by atoms with Gasteiger partial charge in [0.25, 0.3) is 0 Å². The van der Waals surface area contributed by atoms with Crippen LogP contribution >= 0.6 is 0 Å². The number of halogens is 1. The second-order valence-corrected chi connectivity index (χ2v) is 7.57. The summed E-state index contributed by atoms with van der Waals surface area (Å²) in [5.41, 5.74) is 2.78. The zero-order valence-corrected chi connectivity index (χ0v) is 17.0. The number of benzene rings is 2. The third kappa shape index (κ3) is 4.74. The van der Waals surface area contributed by atoms with Gasteiger partial charge in [-0.25, -0.2) is 4.39 Å². The number of rotatable bonds is 6. The fourth-order valence-corrected chi connectivity index (χ4v) is 3.77. The molecule has 1 aliphatic heterocycles. The molecule has 1 fully saturated rings. The van der Waals surface area contributed by atoms with E-state index in [1.54, 1.807) is 12.1 Å². The average Bonchev–Trinajstić information content (AvgIpc) is 3.23. The molecule has 7 heteroatoms. The summed E-state index contributed by atoms with van der Waals surface area (Å²) < 4.78 is 18.4. The van der Waals surface area contributed by atoms with Gasteiger partial charge in [0, 0.05) is 17.2 Å². The first kappa shape index (κ1) is 20.2. The summed E-state index contributed by atoms with van der Waals surface area (Å²) in [5.74, 6) is 0.770. The second kappa shape index (κ2) is 9.17. The molecule has 6 nitrogen and oxygen atoms in total. The van der Waals surface area contributed by atoms with Gasteiger partial charge in [-0.05, 0) is 68.2 Å². The number of carbonyl (C=O) groups is 1. The molecule has 1 aliphatic rings. The Labute approximate surface area is 175 Å². The van der Waals surface area contributed by atoms with Gasteiger partial charge in [0.15, 0.2) is 0 Å². The lowest BCUT2D eigenvalue weighted by Crippen LogP contribution is -2.37. The summed E-state index contributed by atoms with van der Waals surface area (Å²) in [4.78, 5) is 19.3. The van der Waals surface area contributed by atoms with E-state index in [-0.39, 0.29) is 17.6 Å². The van der Waals surface area contributed by atoms with Gasteiger partial charge in [-0.3, -0.25) is 9.69 Å². The molecule has 30 heavy (non-hydrogen) atoms. The predicted molar refractivity (Wildman–Crippen MR) is 112 cm³/mol. The monoisotopic (exact) mass is 408 g/mol. The van der Waals surface area contributed by atoms with Crippen molar-refractivity contribution in [1.29, 1.82) is 0 Å². The molecule has 3 aromatic rings. The first-order chi connectivity index (χ1) is 14.6. The number of nitrogens with one attached hydrogen (secondary N) is 1. The van der Waals surface area contributed by atoms with Crippen LogP contribution in [0.4, 0.5) is 10.1 Å². The zero-order chi connectivity index (χ0) is 20.9. The average molecular weight is 408 g/mol. The Morgan fingerprint density at radius 3 is 2.63 bits per heavy atom. The number of anilines is 1. The van der Waals surface area contributed by atoms with Crippen LogP contribution in [0.1, 0.15) is 31.2 Å². The topological polar surface area (TPSA) is 71.3 Å². The predicted octanol–water partition coefficient (Wildman–Crippen LogP) is 4.29. The SMILES string of the molecule is CCc1ccccc1NC(=O)C1CCN(Cc2nc(-c3ccc(F)cc3)no2)CC1. The van der Waals surface area contributed by atoms with E-state index >= 15 is 0 Å². The summed E-state index contributed by atoms with van der Waals surface area (Å²) in [6, 6.07) is 14.0. The minimum atomic E-state index is -0.299. The number of carbonyl (C=O) groups excluding carboxylic acids is 1. The summed E-state index contributed by atoms with van der Waals surface area (Å²) in [6.45, 7) is 4.22. The molecule has 0 saturated carbocycles. The van der Waals surface area contributed by atoms with E-state index in [1.165, 1.54) is 12.1 Å². The zero-order valence-electron chi connectivity index (χ0n) is 17.0. The number of aromatic nitrogens is 2. The highest BCUT2D eigenvalue weighted by Gasteiger charge is 2.26. The minimum Gasteiger partial charge on any atom is -0.338 e. The van der Waals surface area contributed by atoms with Crippen molar-refractivity contribution in [1.82, 2.24) is 15.0 Å². The molecular formula is C23H25FN4O2. The van der Waals surface area contributed by atoms with Crippen molar-refractivity contribution >= 4 is 11.6 Å². The van der Waals surface area contributed by atoms with Gasteiger partial charge in [0.1, 0.15) is 5.82 Å². The third-order valence-electron chi connectivity index (χ3n) is 5.54. The van der Waals surface area contributed by atoms with Crippen LogP contribution in [-0.2, 0) is 17.8 Å². The van der Waals surface area contributed by atoms with Gasteiger partial charge < -0.3 is 9.84 Å². The maximum Gasteiger partial charge on any atom is 0.241 e. The standard InChI is InChI=1S/C23H25FN4O2/c1-2-16-5-3-4-6-20(16)25-23(29)18-11-13-28(14-12-18)15-21-26-22(27-30-21)17-7-9-19(24)10-8-17/h3-10,18H,2,11-15H2,1H3,(H,25,29). The fourth-order valence-electron chi connectivity index (χ4n) is 3.77. The van der Waals surface area contributed by atoms with Crippen molar-refractivity contribution in [3.63, 3.8) is 0 Å². The van der Waals surface area contributed by atoms with Crippen LogP contribution in [0.2, 0.25) is 0 Å². The lowest BCUT2D eigenvalue weighted by molar-refractivity contribution is -0.121. The maximum absolute atomic E-state index is 13.1. The maximum atomic E-state index is 13.1. The van der Waals surface area contributed by atoms with E-state index in [0.717, 1.165) is 43.6 Å². The van der Waals surface area contributed by atoms with Crippen molar-refractivity contribution in [2.45, 2.75) is 32.7 Å². The van der Waals surface area contributed by atoms with Crippen LogP contribution in [0.3, 0.4) is 0 Å². The first-order valence-electron chi connectivity index (χ1n) is 10.3. The van der Waals surface area contributed by atoms with Gasteiger partial charge in [0.2, 0.25) is 17.6 Å². The lowest BCUT2D eigenvalue weighted by Gasteiger charge is -2.30. The number of aryl methyl sites for hydroxylation is 1. The third-order valence-corrected chi connectivity index (χ3v) is 5.54. The van der Waals surface area contributed by atoms with Gasteiger partial charge in [0.05, 0.1) is 6.54 Å². The Morgan fingerprint density at radius 2 is 1.90 bits per heavy atom. The largest absolute Gasteiger partial charge is 0.338 e. The van der Waals surface area contributed by atoms with Gasteiger partial charge >= 0.3 is 0 Å². The molecule has 0 spiro atoms. The second-order valence-electron chi connectivity index (χ2n) is 7.57. The summed E-state index contributed by atoms with van der Waals surface area (Å²) in [7, 11) is 0. The van der Waals surface area contributed by atoms with Gasteiger partial charge in [-0.2, -0.15) is 4.98 Å². The molecule has 0 atom stereocenters. The highest BCUT2D eigenvalue weighted by molar-refractivity contribution is 5.93. The fraction of sp³-hybridized carbons (Fsp3) is 0.348. The number of amides is 1. The molecule has 2 heterocycles. The molecule has 156 valence electrons. The lowest BCUT2D eigenvalue weighted by atomic mass is 9.95. The Morgan fingerprint density at radius 1 is 1.17 bits per heavy atom. The first-order valence-corrected chi connectivity index (χ1v) is 10.3. The van der Waals surface area contributed by atoms with E-state index in [4.69, 9.17) is 4.52 Å².